The largest absolute Gasteiger partial charge is 0.463 e. The fourth-order valence-electron chi connectivity index (χ4n) is 4.26. The molecule has 2 atom stereocenters. The summed E-state index contributed by atoms with van der Waals surface area (Å²) in [6.07, 6.45) is 6.74. The Balaban J connectivity index is 1.36. The highest BCUT2D eigenvalue weighted by Gasteiger charge is 2.34. The number of esters is 1. The fourth-order valence-corrected chi connectivity index (χ4v) is 4.26. The molecule has 3 heterocycles. The predicted molar refractivity (Wildman–Crippen MR) is 141 cm³/mol. The van der Waals surface area contributed by atoms with Crippen molar-refractivity contribution in [3.8, 4) is 0 Å². The van der Waals surface area contributed by atoms with Crippen LogP contribution in [-0.2, 0) is 31.6 Å². The third-order valence-electron chi connectivity index (χ3n) is 6.38. The van der Waals surface area contributed by atoms with Crippen LogP contribution >= 0.6 is 0 Å². The smallest absolute Gasteiger partial charge is 0.434 e. The summed E-state index contributed by atoms with van der Waals surface area (Å²) in [6.45, 7) is 11.2. The van der Waals surface area contributed by atoms with Crippen LogP contribution in [0.4, 0.5) is 13.2 Å². The summed E-state index contributed by atoms with van der Waals surface area (Å²) in [4.78, 5) is 27.0. The van der Waals surface area contributed by atoms with Crippen molar-refractivity contribution in [1.29, 1.82) is 0 Å². The Bertz CT molecular complexity index is 1040. The van der Waals surface area contributed by atoms with E-state index in [4.69, 9.17) is 14.2 Å². The first-order chi connectivity index (χ1) is 18.5. The molecule has 1 N–H and O–H groups in total. The molecular formula is C27H38F3N5O4. The average Bonchev–Trinajstić information content (AvgIpc) is 3.51. The highest BCUT2D eigenvalue weighted by Crippen LogP contribution is 2.27. The zero-order valence-electron chi connectivity index (χ0n) is 22.7. The van der Waals surface area contributed by atoms with Crippen molar-refractivity contribution in [3.63, 3.8) is 0 Å². The second kappa shape index (κ2) is 13.8. The van der Waals surface area contributed by atoms with Crippen molar-refractivity contribution in [2.45, 2.75) is 51.2 Å². The van der Waals surface area contributed by atoms with Crippen molar-refractivity contribution in [3.05, 3.63) is 54.8 Å². The second-order valence-electron chi connectivity index (χ2n) is 9.90. The van der Waals surface area contributed by atoms with E-state index in [2.05, 4.69) is 31.3 Å². The number of imidazole rings is 1. The quantitative estimate of drug-likeness (QED) is 0.192. The molecule has 2 saturated heterocycles. The predicted octanol–water partition coefficient (Wildman–Crippen LogP) is 3.96. The van der Waals surface area contributed by atoms with Gasteiger partial charge in [0.2, 0.25) is 0 Å². The number of H-pyrrole nitrogens is 1. The Morgan fingerprint density at radius 3 is 2.67 bits per heavy atom. The number of halogens is 3. The highest BCUT2D eigenvalue weighted by atomic mass is 19.4. The van der Waals surface area contributed by atoms with Crippen LogP contribution in [0.5, 0.6) is 0 Å². The molecule has 9 nitrogen and oxygen atoms in total. The number of aliphatic imine (C=N–C) groups is 1. The molecule has 1 aromatic heterocycles. The SMILES string of the molecule is C=CC(C/C=C/N1CCN(C(/C=C\Cc2nc(C(F)(F)F)c[nH]2)=N/C)CC1)CC(=O)OCC1COC(C)(C)O1. The van der Waals surface area contributed by atoms with Crippen molar-refractivity contribution < 1.29 is 32.2 Å². The molecule has 2 fully saturated rings. The number of aromatic nitrogens is 2. The number of amidine groups is 1. The van der Waals surface area contributed by atoms with Gasteiger partial charge in [-0.2, -0.15) is 13.2 Å². The number of hydrogen-bond donors (Lipinski definition) is 1. The number of allylic oxidation sites excluding steroid dienone is 3. The van der Waals surface area contributed by atoms with E-state index in [1.54, 1.807) is 19.2 Å². The monoisotopic (exact) mass is 553 g/mol. The molecule has 0 aromatic carbocycles. The van der Waals surface area contributed by atoms with E-state index < -0.39 is 17.7 Å². The molecular weight excluding hydrogens is 515 g/mol. The average molecular weight is 554 g/mol. The summed E-state index contributed by atoms with van der Waals surface area (Å²) in [5.74, 6) is 0.0490. The van der Waals surface area contributed by atoms with Crippen LogP contribution in [0.1, 0.15) is 38.2 Å². The standard InChI is InChI=1S/C27H38F3N5O4/c1-5-20(16-25(36)37-18-21-19-38-26(2,3)39-21)8-7-11-34-12-14-35(15-13-34)24(31-4)10-6-9-23-32-17-22(33-23)27(28,29)30/h5-7,10-11,17,20-21H,1,8-9,12-16,18-19H2,2-4H3,(H,32,33)/b10-6-,11-7+,31-24+. The molecule has 2 aliphatic heterocycles. The number of rotatable bonds is 11. The number of piperazine rings is 1. The summed E-state index contributed by atoms with van der Waals surface area (Å²) in [5.41, 5.74) is -0.923. The van der Waals surface area contributed by atoms with E-state index in [0.29, 0.717) is 13.0 Å². The molecule has 0 aliphatic carbocycles. The van der Waals surface area contributed by atoms with E-state index in [-0.39, 0.29) is 43.3 Å². The van der Waals surface area contributed by atoms with E-state index >= 15 is 0 Å². The Morgan fingerprint density at radius 2 is 2.08 bits per heavy atom. The Morgan fingerprint density at radius 1 is 1.33 bits per heavy atom. The summed E-state index contributed by atoms with van der Waals surface area (Å²) >= 11 is 0. The zero-order valence-corrected chi connectivity index (χ0v) is 22.7. The summed E-state index contributed by atoms with van der Waals surface area (Å²) in [5, 5.41) is 0. The molecule has 216 valence electrons. The lowest BCUT2D eigenvalue weighted by Gasteiger charge is -2.35. The molecule has 3 rings (SSSR count). The number of carbonyl (C=O) groups excluding carboxylic acids is 1. The van der Waals surface area contributed by atoms with Crippen LogP contribution in [0.3, 0.4) is 0 Å². The first kappa shape index (κ1) is 30.4. The Hall–Kier alpha value is -3.12. The van der Waals surface area contributed by atoms with Crippen LogP contribution in [-0.4, -0.2) is 89.9 Å². The van der Waals surface area contributed by atoms with Gasteiger partial charge in [-0.25, -0.2) is 4.98 Å². The van der Waals surface area contributed by atoms with Crippen LogP contribution in [0, 0.1) is 5.92 Å². The summed E-state index contributed by atoms with van der Waals surface area (Å²) < 4.78 is 54.6. The molecule has 0 saturated carbocycles. The molecule has 0 amide bonds. The fraction of sp³-hybridized carbons (Fsp3) is 0.593. The summed E-state index contributed by atoms with van der Waals surface area (Å²) in [6, 6.07) is 0. The van der Waals surface area contributed by atoms with Gasteiger partial charge in [0.25, 0.3) is 0 Å². The van der Waals surface area contributed by atoms with Crippen LogP contribution in [0.25, 0.3) is 0 Å². The maximum atomic E-state index is 12.7. The van der Waals surface area contributed by atoms with E-state index in [0.717, 1.165) is 38.2 Å². The molecule has 2 aliphatic rings. The van der Waals surface area contributed by atoms with Gasteiger partial charge in [-0.05, 0) is 38.5 Å². The molecule has 0 bridgehead atoms. The molecule has 0 radical (unpaired) electrons. The van der Waals surface area contributed by atoms with Crippen LogP contribution < -0.4 is 0 Å². The van der Waals surface area contributed by atoms with Crippen LogP contribution in [0.15, 0.2) is 48.3 Å². The maximum absolute atomic E-state index is 12.7. The lowest BCUT2D eigenvalue weighted by molar-refractivity contribution is -0.158. The Kier molecular flexibility index (Phi) is 10.8. The van der Waals surface area contributed by atoms with Gasteiger partial charge in [0.15, 0.2) is 11.5 Å². The minimum atomic E-state index is -4.46. The van der Waals surface area contributed by atoms with Crippen molar-refractivity contribution in [1.82, 2.24) is 19.8 Å². The molecule has 2 unspecified atom stereocenters. The molecule has 1 aromatic rings. The molecule has 39 heavy (non-hydrogen) atoms. The normalized spacial score (nSPS) is 21.2. The third kappa shape index (κ3) is 9.85. The van der Waals surface area contributed by atoms with Crippen molar-refractivity contribution >= 4 is 11.8 Å². The summed E-state index contributed by atoms with van der Waals surface area (Å²) in [7, 11) is 1.69. The maximum Gasteiger partial charge on any atom is 0.434 e. The second-order valence-corrected chi connectivity index (χ2v) is 9.90. The van der Waals surface area contributed by atoms with Gasteiger partial charge in [0, 0.05) is 45.8 Å². The first-order valence-corrected chi connectivity index (χ1v) is 13.0. The number of carbonyl (C=O) groups is 1. The number of nitrogens with one attached hydrogen (secondary N) is 1. The van der Waals surface area contributed by atoms with E-state index in [9.17, 15) is 18.0 Å². The highest BCUT2D eigenvalue weighted by molar-refractivity contribution is 5.93. The minimum Gasteiger partial charge on any atom is -0.463 e. The van der Waals surface area contributed by atoms with Crippen molar-refractivity contribution in [2.24, 2.45) is 10.9 Å². The van der Waals surface area contributed by atoms with E-state index in [1.807, 2.05) is 32.2 Å². The van der Waals surface area contributed by atoms with E-state index in [1.165, 1.54) is 0 Å². The lowest BCUT2D eigenvalue weighted by Crippen LogP contribution is -2.46. The number of nitrogens with zero attached hydrogens (tertiary/aromatic N) is 4. The third-order valence-corrected chi connectivity index (χ3v) is 6.38. The molecule has 0 spiro atoms. The lowest BCUT2D eigenvalue weighted by atomic mass is 10.0. The zero-order chi connectivity index (χ0) is 28.5. The first-order valence-electron chi connectivity index (χ1n) is 13.0. The van der Waals surface area contributed by atoms with Crippen LogP contribution in [0.2, 0.25) is 0 Å². The van der Waals surface area contributed by atoms with Gasteiger partial charge in [0.05, 0.1) is 13.0 Å². The van der Waals surface area contributed by atoms with Gasteiger partial charge in [-0.1, -0.05) is 18.2 Å². The number of alkyl halides is 3. The number of aromatic amines is 1. The van der Waals surface area contributed by atoms with Crippen molar-refractivity contribution in [2.75, 3.05) is 46.4 Å². The molecule has 12 heteroatoms. The minimum absolute atomic E-state index is 0.0300. The number of hydrogen-bond acceptors (Lipinski definition) is 7. The number of ether oxygens (including phenoxy) is 3. The Labute approximate surface area is 227 Å². The van der Waals surface area contributed by atoms with Gasteiger partial charge in [-0.3, -0.25) is 9.79 Å². The topological polar surface area (TPSA) is 92.3 Å². The van der Waals surface area contributed by atoms with Gasteiger partial charge in [0.1, 0.15) is 24.4 Å². The van der Waals surface area contributed by atoms with Gasteiger partial charge < -0.3 is 29.0 Å². The van der Waals surface area contributed by atoms with Gasteiger partial charge >= 0.3 is 12.1 Å². The van der Waals surface area contributed by atoms with Gasteiger partial charge in [-0.15, -0.1) is 6.58 Å².